The van der Waals surface area contributed by atoms with Crippen molar-refractivity contribution in [1.29, 1.82) is 0 Å². The van der Waals surface area contributed by atoms with Crippen LogP contribution in [0.3, 0.4) is 0 Å². The van der Waals surface area contributed by atoms with Crippen LogP contribution in [0.2, 0.25) is 0 Å². The summed E-state index contributed by atoms with van der Waals surface area (Å²) < 4.78 is 5.30. The zero-order chi connectivity index (χ0) is 19.2. The van der Waals surface area contributed by atoms with Crippen LogP contribution in [0.4, 0.5) is 5.69 Å². The molecule has 0 bridgehead atoms. The molecule has 2 aromatic carbocycles. The molecule has 3 N–H and O–H groups in total. The maximum atomic E-state index is 5.54. The summed E-state index contributed by atoms with van der Waals surface area (Å²) in [6.45, 7) is 7.49. The van der Waals surface area contributed by atoms with Crippen molar-refractivity contribution in [2.45, 2.75) is 32.7 Å². The van der Waals surface area contributed by atoms with E-state index in [0.717, 1.165) is 18.0 Å². The van der Waals surface area contributed by atoms with Gasteiger partial charge in [0.2, 0.25) is 0 Å². The van der Waals surface area contributed by atoms with Gasteiger partial charge in [-0.2, -0.15) is 0 Å². The molecule has 4 nitrogen and oxygen atoms in total. The van der Waals surface area contributed by atoms with Gasteiger partial charge in [0, 0.05) is 24.1 Å². The van der Waals surface area contributed by atoms with Gasteiger partial charge >= 0.3 is 0 Å². The number of rotatable bonds is 6. The molecule has 5 heteroatoms. The smallest absolute Gasteiger partial charge is 0.171 e. The van der Waals surface area contributed by atoms with E-state index in [1.54, 1.807) is 12.0 Å². The zero-order valence-corrected chi connectivity index (χ0v) is 17.3. The predicted molar refractivity (Wildman–Crippen MR) is 116 cm³/mol. The SMILES string of the molecule is COc1ccc([C@H](CNC(=S)Nc2ccc(C)c(C)c2)[NH+]2CCCC2)cc1. The van der Waals surface area contributed by atoms with Crippen LogP contribution in [-0.2, 0) is 0 Å². The lowest BCUT2D eigenvalue weighted by atomic mass is 10.1. The molecule has 1 heterocycles. The van der Waals surface area contributed by atoms with E-state index >= 15 is 0 Å². The molecular weight excluding hydrogens is 354 g/mol. The van der Waals surface area contributed by atoms with Crippen LogP contribution >= 0.6 is 12.2 Å². The van der Waals surface area contributed by atoms with Crippen molar-refractivity contribution in [3.05, 3.63) is 59.2 Å². The Balaban J connectivity index is 1.64. The molecular formula is C22H30N3OS+. The molecule has 0 amide bonds. The van der Waals surface area contributed by atoms with E-state index in [1.807, 2.05) is 12.1 Å². The number of thiocarbonyl (C=S) groups is 1. The van der Waals surface area contributed by atoms with Gasteiger partial charge in [0.1, 0.15) is 11.8 Å². The molecule has 1 saturated heterocycles. The lowest BCUT2D eigenvalue weighted by Crippen LogP contribution is -3.11. The van der Waals surface area contributed by atoms with Crippen molar-refractivity contribution >= 4 is 23.0 Å². The van der Waals surface area contributed by atoms with E-state index in [0.29, 0.717) is 11.2 Å². The predicted octanol–water partition coefficient (Wildman–Crippen LogP) is 3.02. The Labute approximate surface area is 167 Å². The summed E-state index contributed by atoms with van der Waals surface area (Å²) in [7, 11) is 1.71. The number of quaternary nitrogens is 1. The monoisotopic (exact) mass is 384 g/mol. The highest BCUT2D eigenvalue weighted by Gasteiger charge is 2.27. The zero-order valence-electron chi connectivity index (χ0n) is 16.5. The molecule has 144 valence electrons. The topological polar surface area (TPSA) is 37.7 Å². The van der Waals surface area contributed by atoms with E-state index in [9.17, 15) is 0 Å². The van der Waals surface area contributed by atoms with Crippen LogP contribution in [0, 0.1) is 13.8 Å². The largest absolute Gasteiger partial charge is 0.497 e. The summed E-state index contributed by atoms with van der Waals surface area (Å²) in [5, 5.41) is 7.43. The maximum Gasteiger partial charge on any atom is 0.171 e. The van der Waals surface area contributed by atoms with Gasteiger partial charge in [-0.3, -0.25) is 0 Å². The number of nitrogens with one attached hydrogen (secondary N) is 3. The summed E-state index contributed by atoms with van der Waals surface area (Å²) in [6, 6.07) is 15.2. The number of anilines is 1. The second-order valence-electron chi connectivity index (χ2n) is 7.33. The van der Waals surface area contributed by atoms with Gasteiger partial charge in [-0.05, 0) is 73.6 Å². The first-order valence-electron chi connectivity index (χ1n) is 9.67. The van der Waals surface area contributed by atoms with Crippen LogP contribution < -0.4 is 20.3 Å². The molecule has 0 aromatic heterocycles. The number of hydrogen-bond donors (Lipinski definition) is 3. The quantitative estimate of drug-likeness (QED) is 0.670. The van der Waals surface area contributed by atoms with Gasteiger partial charge < -0.3 is 20.3 Å². The Morgan fingerprint density at radius 1 is 1.07 bits per heavy atom. The Kier molecular flexibility index (Phi) is 6.69. The van der Waals surface area contributed by atoms with Gasteiger partial charge in [-0.1, -0.05) is 6.07 Å². The first-order chi connectivity index (χ1) is 13.1. The minimum Gasteiger partial charge on any atom is -0.497 e. The summed E-state index contributed by atoms with van der Waals surface area (Å²) in [5.74, 6) is 0.897. The fourth-order valence-corrected chi connectivity index (χ4v) is 3.90. The van der Waals surface area contributed by atoms with Gasteiger partial charge in [-0.25, -0.2) is 0 Å². The molecule has 1 atom stereocenters. The molecule has 0 aliphatic carbocycles. The van der Waals surface area contributed by atoms with E-state index in [4.69, 9.17) is 17.0 Å². The third-order valence-electron chi connectivity index (χ3n) is 5.49. The average Bonchev–Trinajstić information content (AvgIpc) is 3.20. The lowest BCUT2D eigenvalue weighted by Gasteiger charge is -2.26. The maximum absolute atomic E-state index is 5.54. The van der Waals surface area contributed by atoms with E-state index in [2.05, 4.69) is 54.8 Å². The summed E-state index contributed by atoms with van der Waals surface area (Å²) in [4.78, 5) is 1.63. The summed E-state index contributed by atoms with van der Waals surface area (Å²) in [6.07, 6.45) is 2.60. The number of likely N-dealkylation sites (tertiary alicyclic amines) is 1. The van der Waals surface area contributed by atoms with Crippen molar-refractivity contribution in [2.75, 3.05) is 32.1 Å². The molecule has 0 saturated carbocycles. The highest BCUT2D eigenvalue weighted by Crippen LogP contribution is 2.17. The Morgan fingerprint density at radius 3 is 2.41 bits per heavy atom. The first-order valence-corrected chi connectivity index (χ1v) is 10.1. The van der Waals surface area contributed by atoms with Gasteiger partial charge in [0.15, 0.2) is 5.11 Å². The van der Waals surface area contributed by atoms with Gasteiger partial charge in [0.05, 0.1) is 26.7 Å². The van der Waals surface area contributed by atoms with E-state index in [1.165, 1.54) is 42.6 Å². The van der Waals surface area contributed by atoms with Crippen molar-refractivity contribution in [2.24, 2.45) is 0 Å². The lowest BCUT2D eigenvalue weighted by molar-refractivity contribution is -0.918. The van der Waals surface area contributed by atoms with Gasteiger partial charge in [0.25, 0.3) is 0 Å². The van der Waals surface area contributed by atoms with Crippen LogP contribution in [-0.4, -0.2) is 31.9 Å². The number of methoxy groups -OCH3 is 1. The van der Waals surface area contributed by atoms with Crippen LogP contribution in [0.5, 0.6) is 5.75 Å². The molecule has 2 aromatic rings. The molecule has 3 rings (SSSR count). The molecule has 1 aliphatic heterocycles. The molecule has 1 aliphatic rings. The molecule has 1 fully saturated rings. The highest BCUT2D eigenvalue weighted by atomic mass is 32.1. The second kappa shape index (κ2) is 9.20. The van der Waals surface area contributed by atoms with Gasteiger partial charge in [-0.15, -0.1) is 0 Å². The molecule has 0 unspecified atom stereocenters. The van der Waals surface area contributed by atoms with Crippen molar-refractivity contribution in [3.63, 3.8) is 0 Å². The van der Waals surface area contributed by atoms with Crippen molar-refractivity contribution in [1.82, 2.24) is 5.32 Å². The fraction of sp³-hybridized carbons (Fsp3) is 0.409. The number of benzene rings is 2. The van der Waals surface area contributed by atoms with Crippen LogP contribution in [0.25, 0.3) is 0 Å². The standard InChI is InChI=1S/C22H29N3OS/c1-16-6-9-19(14-17(16)2)24-22(27)23-15-21(25-12-4-5-13-25)18-7-10-20(26-3)11-8-18/h6-11,14,21H,4-5,12-13,15H2,1-3H3,(H2,23,24,27)/p+1/t21-/m0/s1. The Morgan fingerprint density at radius 2 is 1.78 bits per heavy atom. The average molecular weight is 385 g/mol. The molecule has 0 radical (unpaired) electrons. The summed E-state index contributed by atoms with van der Waals surface area (Å²) >= 11 is 5.54. The fourth-order valence-electron chi connectivity index (χ4n) is 3.70. The van der Waals surface area contributed by atoms with Crippen molar-refractivity contribution < 1.29 is 9.64 Å². The number of hydrogen-bond acceptors (Lipinski definition) is 2. The third-order valence-corrected chi connectivity index (χ3v) is 5.73. The molecule has 27 heavy (non-hydrogen) atoms. The second-order valence-corrected chi connectivity index (χ2v) is 7.73. The Hall–Kier alpha value is -2.11. The number of aryl methyl sites for hydroxylation is 2. The first kappa shape index (κ1) is 19.6. The minimum atomic E-state index is 0.387. The summed E-state index contributed by atoms with van der Waals surface area (Å²) in [5.41, 5.74) is 4.91. The van der Waals surface area contributed by atoms with E-state index in [-0.39, 0.29) is 0 Å². The highest BCUT2D eigenvalue weighted by molar-refractivity contribution is 7.80. The minimum absolute atomic E-state index is 0.387. The van der Waals surface area contributed by atoms with Crippen LogP contribution in [0.15, 0.2) is 42.5 Å². The van der Waals surface area contributed by atoms with Crippen LogP contribution in [0.1, 0.15) is 35.6 Å². The third kappa shape index (κ3) is 5.21. The van der Waals surface area contributed by atoms with E-state index < -0.39 is 0 Å². The number of ether oxygens (including phenoxy) is 1. The molecule has 0 spiro atoms. The normalized spacial score (nSPS) is 15.4. The Bertz CT molecular complexity index is 770. The van der Waals surface area contributed by atoms with Crippen molar-refractivity contribution in [3.8, 4) is 5.75 Å².